The van der Waals surface area contributed by atoms with Gasteiger partial charge in [0.1, 0.15) is 5.75 Å². The molecule has 0 aliphatic rings. The van der Waals surface area contributed by atoms with Crippen molar-refractivity contribution in [1.82, 2.24) is 10.2 Å². The molecule has 118 valence electrons. The Kier molecular flexibility index (Phi) is 4.14. The number of phenols is 1. The zero-order chi connectivity index (χ0) is 16.5. The largest absolute Gasteiger partial charge is 0.507 e. The molecule has 4 heteroatoms. The van der Waals surface area contributed by atoms with Crippen molar-refractivity contribution in [3.05, 3.63) is 41.7 Å². The number of benzene rings is 1. The summed E-state index contributed by atoms with van der Waals surface area (Å²) >= 11 is 0. The predicted octanol–water partition coefficient (Wildman–Crippen LogP) is 4.52. The second kappa shape index (κ2) is 5.59. The topological polar surface area (TPSA) is 58.0 Å². The zero-order valence-corrected chi connectivity index (χ0v) is 14.2. The average Bonchev–Trinajstić information content (AvgIpc) is 2.39. The normalized spacial score (nSPS) is 12.3. The van der Waals surface area contributed by atoms with Crippen LogP contribution >= 0.6 is 0 Å². The fraction of sp³-hybridized carbons (Fsp3) is 0.444. The van der Waals surface area contributed by atoms with Gasteiger partial charge in [-0.05, 0) is 29.0 Å². The van der Waals surface area contributed by atoms with Crippen LogP contribution in [0.15, 0.2) is 30.6 Å². The SMILES string of the molecule is CC(C)(C)c1cc(Nc2ccnnc2)cc(C(C)(C)C)c1O. The number of anilines is 2. The second-order valence-electron chi connectivity index (χ2n) is 7.68. The molecule has 0 saturated heterocycles. The van der Waals surface area contributed by atoms with Crippen LogP contribution in [0, 0.1) is 0 Å². The number of aromatic nitrogens is 2. The van der Waals surface area contributed by atoms with Crippen LogP contribution in [0.4, 0.5) is 11.4 Å². The highest BCUT2D eigenvalue weighted by Gasteiger charge is 2.26. The van der Waals surface area contributed by atoms with Gasteiger partial charge < -0.3 is 10.4 Å². The molecule has 0 bridgehead atoms. The Labute approximate surface area is 132 Å². The number of rotatable bonds is 2. The first-order chi connectivity index (χ1) is 10.1. The maximum absolute atomic E-state index is 10.7. The number of nitrogens with zero attached hydrogens (tertiary/aromatic N) is 2. The molecule has 22 heavy (non-hydrogen) atoms. The smallest absolute Gasteiger partial charge is 0.123 e. The summed E-state index contributed by atoms with van der Waals surface area (Å²) in [7, 11) is 0. The van der Waals surface area contributed by atoms with Crippen molar-refractivity contribution in [3.8, 4) is 5.75 Å². The molecule has 1 aromatic heterocycles. The first-order valence-corrected chi connectivity index (χ1v) is 7.51. The predicted molar refractivity (Wildman–Crippen MR) is 90.8 cm³/mol. The van der Waals surface area contributed by atoms with Gasteiger partial charge >= 0.3 is 0 Å². The lowest BCUT2D eigenvalue weighted by atomic mass is 9.79. The summed E-state index contributed by atoms with van der Waals surface area (Å²) in [5.74, 6) is 0.387. The molecule has 1 heterocycles. The van der Waals surface area contributed by atoms with Gasteiger partial charge in [0.15, 0.2) is 0 Å². The van der Waals surface area contributed by atoms with Crippen molar-refractivity contribution in [2.24, 2.45) is 0 Å². The highest BCUT2D eigenvalue weighted by molar-refractivity contribution is 5.65. The van der Waals surface area contributed by atoms with Gasteiger partial charge in [0.2, 0.25) is 0 Å². The standard InChI is InChI=1S/C18H25N3O/c1-17(2,3)14-9-13(21-12-7-8-19-20-11-12)10-15(16(14)22)18(4,5)6/h7-11,22H,1-6H3,(H,19,21). The van der Waals surface area contributed by atoms with Gasteiger partial charge in [0.05, 0.1) is 18.1 Å². The first-order valence-electron chi connectivity index (χ1n) is 7.51. The van der Waals surface area contributed by atoms with Crippen molar-refractivity contribution in [3.63, 3.8) is 0 Å². The molecule has 0 fully saturated rings. The van der Waals surface area contributed by atoms with Crippen LogP contribution in [0.1, 0.15) is 52.7 Å². The van der Waals surface area contributed by atoms with E-state index in [0.717, 1.165) is 22.5 Å². The Morgan fingerprint density at radius 1 is 0.864 bits per heavy atom. The zero-order valence-electron chi connectivity index (χ0n) is 14.2. The minimum absolute atomic E-state index is 0.141. The van der Waals surface area contributed by atoms with Gasteiger partial charge in [0, 0.05) is 16.8 Å². The van der Waals surface area contributed by atoms with Crippen molar-refractivity contribution in [1.29, 1.82) is 0 Å². The third-order valence-corrected chi connectivity index (χ3v) is 3.60. The number of nitrogens with one attached hydrogen (secondary N) is 1. The summed E-state index contributed by atoms with van der Waals surface area (Å²) in [6.45, 7) is 12.6. The molecule has 0 saturated carbocycles. The van der Waals surface area contributed by atoms with Gasteiger partial charge in [0.25, 0.3) is 0 Å². The highest BCUT2D eigenvalue weighted by Crippen LogP contribution is 2.41. The molecular weight excluding hydrogens is 274 g/mol. The third kappa shape index (κ3) is 3.56. The summed E-state index contributed by atoms with van der Waals surface area (Å²) in [4.78, 5) is 0. The van der Waals surface area contributed by atoms with E-state index in [0.29, 0.717) is 5.75 Å². The first kappa shape index (κ1) is 16.3. The minimum atomic E-state index is -0.141. The lowest BCUT2D eigenvalue weighted by Gasteiger charge is -2.28. The Balaban J connectivity index is 2.56. The molecule has 2 rings (SSSR count). The van der Waals surface area contributed by atoms with Crippen LogP contribution in [0.3, 0.4) is 0 Å². The van der Waals surface area contributed by atoms with Gasteiger partial charge in [-0.15, -0.1) is 0 Å². The van der Waals surface area contributed by atoms with Crippen LogP contribution in [0.25, 0.3) is 0 Å². The molecule has 2 aromatic rings. The molecule has 0 aliphatic carbocycles. The Hall–Kier alpha value is -2.10. The molecule has 0 aliphatic heterocycles. The van der Waals surface area contributed by atoms with E-state index in [1.54, 1.807) is 12.4 Å². The Morgan fingerprint density at radius 2 is 1.41 bits per heavy atom. The monoisotopic (exact) mass is 299 g/mol. The molecule has 0 unspecified atom stereocenters. The maximum Gasteiger partial charge on any atom is 0.123 e. The van der Waals surface area contributed by atoms with E-state index >= 15 is 0 Å². The van der Waals surface area contributed by atoms with Gasteiger partial charge in [-0.25, -0.2) is 0 Å². The molecule has 0 atom stereocenters. The lowest BCUT2D eigenvalue weighted by molar-refractivity contribution is 0.423. The summed E-state index contributed by atoms with van der Waals surface area (Å²) in [6, 6.07) is 5.88. The lowest BCUT2D eigenvalue weighted by Crippen LogP contribution is -2.17. The molecule has 0 radical (unpaired) electrons. The number of hydrogen-bond acceptors (Lipinski definition) is 4. The van der Waals surface area contributed by atoms with Crippen molar-refractivity contribution in [2.45, 2.75) is 52.4 Å². The summed E-state index contributed by atoms with van der Waals surface area (Å²) in [5, 5.41) is 21.7. The highest BCUT2D eigenvalue weighted by atomic mass is 16.3. The quantitative estimate of drug-likeness (QED) is 0.800. The molecule has 0 spiro atoms. The molecule has 4 nitrogen and oxygen atoms in total. The Morgan fingerprint density at radius 3 is 1.82 bits per heavy atom. The van der Waals surface area contributed by atoms with E-state index in [9.17, 15) is 5.11 Å². The van der Waals surface area contributed by atoms with E-state index in [1.807, 2.05) is 18.2 Å². The van der Waals surface area contributed by atoms with Crippen molar-refractivity contribution < 1.29 is 5.11 Å². The van der Waals surface area contributed by atoms with Gasteiger partial charge in [-0.2, -0.15) is 10.2 Å². The average molecular weight is 299 g/mol. The summed E-state index contributed by atoms with van der Waals surface area (Å²) in [5.41, 5.74) is 3.41. The van der Waals surface area contributed by atoms with E-state index in [-0.39, 0.29) is 10.8 Å². The van der Waals surface area contributed by atoms with Crippen LogP contribution in [0.2, 0.25) is 0 Å². The summed E-state index contributed by atoms with van der Waals surface area (Å²) in [6.07, 6.45) is 3.33. The molecule has 2 N–H and O–H groups in total. The van der Waals surface area contributed by atoms with Crippen LogP contribution in [-0.2, 0) is 10.8 Å². The van der Waals surface area contributed by atoms with Crippen molar-refractivity contribution in [2.75, 3.05) is 5.32 Å². The third-order valence-electron chi connectivity index (χ3n) is 3.60. The van der Waals surface area contributed by atoms with Crippen molar-refractivity contribution >= 4 is 11.4 Å². The van der Waals surface area contributed by atoms with E-state index in [4.69, 9.17) is 0 Å². The number of phenolic OH excluding ortho intramolecular Hbond substituents is 1. The molecule has 0 amide bonds. The second-order valence-corrected chi connectivity index (χ2v) is 7.68. The van der Waals surface area contributed by atoms with E-state index in [2.05, 4.69) is 57.1 Å². The fourth-order valence-corrected chi connectivity index (χ4v) is 2.38. The van der Waals surface area contributed by atoms with Crippen LogP contribution in [0.5, 0.6) is 5.75 Å². The van der Waals surface area contributed by atoms with E-state index in [1.165, 1.54) is 0 Å². The van der Waals surface area contributed by atoms with Crippen LogP contribution in [-0.4, -0.2) is 15.3 Å². The maximum atomic E-state index is 10.7. The van der Waals surface area contributed by atoms with Gasteiger partial charge in [-0.3, -0.25) is 0 Å². The van der Waals surface area contributed by atoms with E-state index < -0.39 is 0 Å². The molecule has 1 aromatic carbocycles. The number of hydrogen-bond donors (Lipinski definition) is 2. The van der Waals surface area contributed by atoms with Gasteiger partial charge in [-0.1, -0.05) is 41.5 Å². The molecular formula is C18H25N3O. The minimum Gasteiger partial charge on any atom is -0.507 e. The van der Waals surface area contributed by atoms with Crippen LogP contribution < -0.4 is 5.32 Å². The fourth-order valence-electron chi connectivity index (χ4n) is 2.38. The Bertz CT molecular complexity index is 617. The number of aromatic hydroxyl groups is 1. The summed E-state index contributed by atoms with van der Waals surface area (Å²) < 4.78 is 0.